The predicted molar refractivity (Wildman–Crippen MR) is 146 cm³/mol. The first-order valence-corrected chi connectivity index (χ1v) is 14.3. The number of aromatic nitrogens is 4. The summed E-state index contributed by atoms with van der Waals surface area (Å²) >= 11 is 0. The number of ether oxygens (including phenoxy) is 3. The fourth-order valence-corrected chi connectivity index (χ4v) is 4.54. The van der Waals surface area contributed by atoms with Crippen LogP contribution in [0.15, 0.2) is 36.9 Å². The Labute approximate surface area is 232 Å². The second-order valence-electron chi connectivity index (χ2n) is 11.0. The maximum atomic E-state index is 13.7. The predicted octanol–water partition coefficient (Wildman–Crippen LogP) is 4.31. The first kappa shape index (κ1) is 31.0. The molecule has 0 aliphatic rings. The highest BCUT2D eigenvalue weighted by Crippen LogP contribution is 2.52. The van der Waals surface area contributed by atoms with Crippen LogP contribution in [0.4, 0.5) is 5.82 Å². The molecule has 0 spiro atoms. The maximum Gasteiger partial charge on any atom is 0.340 e. The van der Waals surface area contributed by atoms with Crippen LogP contribution in [0.2, 0.25) is 0 Å². The van der Waals surface area contributed by atoms with Crippen LogP contribution in [0.3, 0.4) is 0 Å². The lowest BCUT2D eigenvalue weighted by atomic mass is 9.98. The molecule has 2 N–H and O–H groups in total. The van der Waals surface area contributed by atoms with Gasteiger partial charge in [-0.1, -0.05) is 18.2 Å². The molecular weight excluding hydrogens is 541 g/mol. The molecule has 0 bridgehead atoms. The highest BCUT2D eigenvalue weighted by Gasteiger charge is 2.31. The second kappa shape index (κ2) is 12.8. The van der Waals surface area contributed by atoms with Gasteiger partial charge in [-0.25, -0.2) is 15.0 Å². The van der Waals surface area contributed by atoms with Crippen molar-refractivity contribution in [3.05, 3.63) is 42.5 Å². The van der Waals surface area contributed by atoms with Gasteiger partial charge in [0.25, 0.3) is 0 Å². The molecule has 0 atom stereocenters. The van der Waals surface area contributed by atoms with Gasteiger partial charge in [0.2, 0.25) is 13.6 Å². The molecule has 0 aliphatic carbocycles. The van der Waals surface area contributed by atoms with E-state index in [0.717, 1.165) is 0 Å². The van der Waals surface area contributed by atoms with Crippen molar-refractivity contribution in [3.63, 3.8) is 0 Å². The van der Waals surface area contributed by atoms with Crippen LogP contribution in [-0.4, -0.2) is 51.7 Å². The lowest BCUT2D eigenvalue weighted by Gasteiger charge is -2.22. The molecule has 0 saturated heterocycles. The first-order valence-electron chi connectivity index (χ1n) is 12.5. The third kappa shape index (κ3) is 8.48. The van der Waals surface area contributed by atoms with Crippen LogP contribution in [-0.2, 0) is 45.4 Å². The number of carbonyl (C=O) groups is 2. The Hall–Kier alpha value is -3.54. The third-order valence-corrected chi connectivity index (χ3v) is 7.19. The van der Waals surface area contributed by atoms with Gasteiger partial charge in [0, 0.05) is 5.56 Å². The van der Waals surface area contributed by atoms with Crippen LogP contribution in [0, 0.1) is 10.8 Å². The van der Waals surface area contributed by atoms with E-state index >= 15 is 0 Å². The molecule has 2 heterocycles. The minimum atomic E-state index is -3.98. The first-order chi connectivity index (χ1) is 18.7. The van der Waals surface area contributed by atoms with Gasteiger partial charge in [0.05, 0.1) is 29.9 Å². The number of esters is 2. The number of hydrogen-bond donors (Lipinski definition) is 1. The number of nitrogen functional groups attached to an aromatic ring is 1. The fourth-order valence-electron chi connectivity index (χ4n) is 3.18. The zero-order valence-corrected chi connectivity index (χ0v) is 24.5. The number of hydrogen-bond acceptors (Lipinski definition) is 12. The van der Waals surface area contributed by atoms with Crippen molar-refractivity contribution >= 4 is 36.5 Å². The number of anilines is 1. The molecule has 0 fully saturated rings. The van der Waals surface area contributed by atoms with Crippen molar-refractivity contribution in [2.75, 3.05) is 25.9 Å². The number of imidazole rings is 1. The summed E-state index contributed by atoms with van der Waals surface area (Å²) in [6, 6.07) is 6.93. The number of nitrogens with two attached hydrogens (primary N) is 1. The molecule has 218 valence electrons. The lowest BCUT2D eigenvalue weighted by molar-refractivity contribution is -0.162. The topological polar surface area (TPSA) is 167 Å². The average molecular weight is 578 g/mol. The second-order valence-corrected chi connectivity index (χ2v) is 13.0. The molecule has 0 saturated carbocycles. The number of nitrogens with zero attached hydrogens (tertiary/aromatic N) is 4. The van der Waals surface area contributed by atoms with E-state index in [1.165, 1.54) is 6.33 Å². The van der Waals surface area contributed by atoms with Crippen LogP contribution >= 0.6 is 7.60 Å². The van der Waals surface area contributed by atoms with Gasteiger partial charge < -0.3 is 24.5 Å². The Bertz CT molecular complexity index is 1340. The number of benzene rings is 1. The van der Waals surface area contributed by atoms with Crippen LogP contribution in [0.25, 0.3) is 11.2 Å². The highest BCUT2D eigenvalue weighted by atomic mass is 31.2. The molecule has 0 aliphatic heterocycles. The van der Waals surface area contributed by atoms with Crippen molar-refractivity contribution in [2.45, 2.75) is 54.2 Å². The summed E-state index contributed by atoms with van der Waals surface area (Å²) in [7, 11) is -3.98. The standard InChI is InChI=1S/C26H36N5O8P/c1-25(2,3)23(32)36-16-38-40(34,39-17-37-24(33)26(4,5)6)13-18-9-7-8-10-19(18)35-12-11-31-15-30-20-21(27)28-14-29-22(20)31/h7-10,14-15H,11-13,16-17H2,1-6H3,(H2,27,28,29). The van der Waals surface area contributed by atoms with E-state index < -0.39 is 44.0 Å². The van der Waals surface area contributed by atoms with Gasteiger partial charge in [-0.2, -0.15) is 0 Å². The van der Waals surface area contributed by atoms with E-state index in [2.05, 4.69) is 15.0 Å². The highest BCUT2D eigenvalue weighted by molar-refractivity contribution is 7.53. The van der Waals surface area contributed by atoms with Gasteiger partial charge in [-0.15, -0.1) is 0 Å². The number of rotatable bonds is 12. The Morgan fingerprint density at radius 1 is 0.925 bits per heavy atom. The molecule has 13 nitrogen and oxygen atoms in total. The lowest BCUT2D eigenvalue weighted by Crippen LogP contribution is -2.25. The quantitative estimate of drug-likeness (QED) is 0.184. The maximum absolute atomic E-state index is 13.7. The molecule has 3 aromatic rings. The largest absolute Gasteiger partial charge is 0.491 e. The average Bonchev–Trinajstić information content (AvgIpc) is 3.28. The van der Waals surface area contributed by atoms with E-state index in [9.17, 15) is 14.2 Å². The van der Waals surface area contributed by atoms with Gasteiger partial charge >= 0.3 is 19.5 Å². The van der Waals surface area contributed by atoms with Crippen LogP contribution in [0.5, 0.6) is 5.75 Å². The summed E-state index contributed by atoms with van der Waals surface area (Å²) in [5.74, 6) is -0.360. The SMILES string of the molecule is CC(C)(C)C(=O)OCOP(=O)(Cc1ccccc1OCCn1cnc2c(N)ncnc21)OCOC(=O)C(C)(C)C. The molecule has 3 rings (SSSR count). The van der Waals surface area contributed by atoms with E-state index in [1.54, 1.807) is 76.7 Å². The van der Waals surface area contributed by atoms with E-state index in [0.29, 0.717) is 29.0 Å². The third-order valence-electron chi connectivity index (χ3n) is 5.46. The molecule has 0 unspecified atom stereocenters. The molecule has 0 amide bonds. The Morgan fingerprint density at radius 3 is 2.12 bits per heavy atom. The normalized spacial score (nSPS) is 12.3. The van der Waals surface area contributed by atoms with Gasteiger partial charge in [-0.05, 0) is 47.6 Å². The Balaban J connectivity index is 1.70. The smallest absolute Gasteiger partial charge is 0.340 e. The monoisotopic (exact) mass is 577 g/mol. The van der Waals surface area contributed by atoms with E-state index in [-0.39, 0.29) is 18.6 Å². The van der Waals surface area contributed by atoms with Crippen molar-refractivity contribution in [1.29, 1.82) is 0 Å². The van der Waals surface area contributed by atoms with E-state index in [4.69, 9.17) is 29.0 Å². The van der Waals surface area contributed by atoms with Crippen molar-refractivity contribution < 1.29 is 37.4 Å². The summed E-state index contributed by atoms with van der Waals surface area (Å²) < 4.78 is 42.6. The van der Waals surface area contributed by atoms with Crippen molar-refractivity contribution in [2.24, 2.45) is 10.8 Å². The zero-order valence-electron chi connectivity index (χ0n) is 23.6. The number of fused-ring (bicyclic) bond motifs is 1. The minimum Gasteiger partial charge on any atom is -0.491 e. The van der Waals surface area contributed by atoms with Crippen molar-refractivity contribution in [3.8, 4) is 5.75 Å². The van der Waals surface area contributed by atoms with Gasteiger partial charge in [-0.3, -0.25) is 23.2 Å². The molecule has 0 radical (unpaired) electrons. The number of para-hydroxylation sites is 1. The number of carbonyl (C=O) groups excluding carboxylic acids is 2. The molecule has 2 aromatic heterocycles. The van der Waals surface area contributed by atoms with E-state index in [1.807, 2.05) is 0 Å². The van der Waals surface area contributed by atoms with Gasteiger partial charge in [0.15, 0.2) is 11.5 Å². The molecule has 40 heavy (non-hydrogen) atoms. The van der Waals surface area contributed by atoms with Crippen LogP contribution in [0.1, 0.15) is 47.1 Å². The van der Waals surface area contributed by atoms with Gasteiger partial charge in [0.1, 0.15) is 24.2 Å². The zero-order chi connectivity index (χ0) is 29.6. The molecule has 1 aromatic carbocycles. The summed E-state index contributed by atoms with van der Waals surface area (Å²) in [5, 5.41) is 0. The molecule has 14 heteroatoms. The Morgan fingerprint density at radius 2 is 1.52 bits per heavy atom. The molecular formula is C26H36N5O8P. The summed E-state index contributed by atoms with van der Waals surface area (Å²) in [5.41, 5.74) is 5.87. The fraction of sp³-hybridized carbons (Fsp3) is 0.500. The summed E-state index contributed by atoms with van der Waals surface area (Å²) in [6.45, 7) is 9.49. The Kier molecular flexibility index (Phi) is 9.88. The summed E-state index contributed by atoms with van der Waals surface area (Å²) in [4.78, 5) is 36.7. The van der Waals surface area contributed by atoms with Crippen molar-refractivity contribution in [1.82, 2.24) is 19.5 Å². The van der Waals surface area contributed by atoms with Crippen LogP contribution < -0.4 is 10.5 Å². The summed E-state index contributed by atoms with van der Waals surface area (Å²) in [6.07, 6.45) is 2.72. The minimum absolute atomic E-state index is 0.227.